The van der Waals surface area contributed by atoms with Crippen molar-refractivity contribution in [3.8, 4) is 11.4 Å². The van der Waals surface area contributed by atoms with E-state index in [1.165, 1.54) is 11.8 Å². The SMILES string of the molecule is Cc1ccc(C)c(NC(=O)[C@@H](C)Sc2n[nH]c(-c3ccncc3)n2)c1. The molecule has 0 fully saturated rings. The largest absolute Gasteiger partial charge is 0.325 e. The Hall–Kier alpha value is -2.67. The standard InChI is InChI=1S/C18H19N5OS/c1-11-4-5-12(2)15(10-11)20-17(24)13(3)25-18-21-16(22-23-18)14-6-8-19-9-7-14/h4-10,13H,1-3H3,(H,20,24)(H,21,22,23)/t13-/m1/s1. The van der Waals surface area contributed by atoms with E-state index in [1.807, 2.05) is 51.1 Å². The van der Waals surface area contributed by atoms with E-state index in [9.17, 15) is 4.79 Å². The summed E-state index contributed by atoms with van der Waals surface area (Å²) in [6.07, 6.45) is 3.40. The molecule has 3 aromatic rings. The summed E-state index contributed by atoms with van der Waals surface area (Å²) in [6.45, 7) is 5.82. The molecule has 0 saturated carbocycles. The first kappa shape index (κ1) is 17.2. The Morgan fingerprint density at radius 1 is 1.20 bits per heavy atom. The van der Waals surface area contributed by atoms with Gasteiger partial charge in [-0.2, -0.15) is 0 Å². The zero-order valence-electron chi connectivity index (χ0n) is 14.3. The minimum Gasteiger partial charge on any atom is -0.325 e. The zero-order chi connectivity index (χ0) is 17.8. The number of nitrogens with one attached hydrogen (secondary N) is 2. The third-order valence-electron chi connectivity index (χ3n) is 3.72. The molecule has 1 amide bonds. The molecule has 1 aromatic carbocycles. The van der Waals surface area contributed by atoms with E-state index >= 15 is 0 Å². The number of amides is 1. The summed E-state index contributed by atoms with van der Waals surface area (Å²) in [5, 5.41) is 10.3. The Balaban J connectivity index is 1.66. The molecule has 0 unspecified atom stereocenters. The van der Waals surface area contributed by atoms with Crippen LogP contribution in [-0.4, -0.2) is 31.3 Å². The predicted octanol–water partition coefficient (Wildman–Crippen LogP) is 3.60. The first-order valence-corrected chi connectivity index (χ1v) is 8.78. The second kappa shape index (κ2) is 7.48. The van der Waals surface area contributed by atoms with Crippen LogP contribution in [0.3, 0.4) is 0 Å². The molecule has 0 spiro atoms. The van der Waals surface area contributed by atoms with Crippen LogP contribution >= 0.6 is 11.8 Å². The van der Waals surface area contributed by atoms with Gasteiger partial charge in [0.15, 0.2) is 5.82 Å². The average Bonchev–Trinajstić information content (AvgIpc) is 3.07. The van der Waals surface area contributed by atoms with Gasteiger partial charge in [0, 0.05) is 23.6 Å². The van der Waals surface area contributed by atoms with Gasteiger partial charge in [-0.1, -0.05) is 23.9 Å². The minimum atomic E-state index is -0.319. The van der Waals surface area contributed by atoms with Crippen molar-refractivity contribution in [2.45, 2.75) is 31.2 Å². The molecule has 6 nitrogen and oxygen atoms in total. The molecular formula is C18H19N5OS. The van der Waals surface area contributed by atoms with Gasteiger partial charge in [-0.05, 0) is 50.1 Å². The molecule has 0 radical (unpaired) electrons. The van der Waals surface area contributed by atoms with Crippen molar-refractivity contribution in [1.82, 2.24) is 20.2 Å². The Labute approximate surface area is 150 Å². The number of H-pyrrole nitrogens is 1. The number of aromatic amines is 1. The van der Waals surface area contributed by atoms with E-state index in [1.54, 1.807) is 12.4 Å². The van der Waals surface area contributed by atoms with Gasteiger partial charge in [-0.25, -0.2) is 4.98 Å². The summed E-state index contributed by atoms with van der Waals surface area (Å²) in [4.78, 5) is 20.9. The number of anilines is 1. The zero-order valence-corrected chi connectivity index (χ0v) is 15.1. The molecule has 0 bridgehead atoms. The maximum atomic E-state index is 12.5. The second-order valence-electron chi connectivity index (χ2n) is 5.77. The van der Waals surface area contributed by atoms with Gasteiger partial charge in [0.25, 0.3) is 0 Å². The number of carbonyl (C=O) groups is 1. The predicted molar refractivity (Wildman–Crippen MR) is 99.5 cm³/mol. The molecule has 2 heterocycles. The quantitative estimate of drug-likeness (QED) is 0.685. The molecule has 128 valence electrons. The van der Waals surface area contributed by atoms with Gasteiger partial charge in [0.1, 0.15) is 0 Å². The summed E-state index contributed by atoms with van der Waals surface area (Å²) < 4.78 is 0. The van der Waals surface area contributed by atoms with E-state index in [-0.39, 0.29) is 11.2 Å². The number of aryl methyl sites for hydroxylation is 2. The molecule has 0 aliphatic carbocycles. The Kier molecular flexibility index (Phi) is 5.14. The van der Waals surface area contributed by atoms with Crippen LogP contribution in [0.25, 0.3) is 11.4 Å². The van der Waals surface area contributed by atoms with Crippen molar-refractivity contribution in [1.29, 1.82) is 0 Å². The van der Waals surface area contributed by atoms with Gasteiger partial charge < -0.3 is 5.32 Å². The number of nitrogens with zero attached hydrogens (tertiary/aromatic N) is 3. The number of hydrogen-bond donors (Lipinski definition) is 2. The highest BCUT2D eigenvalue weighted by atomic mass is 32.2. The molecule has 3 rings (SSSR count). The van der Waals surface area contributed by atoms with Crippen molar-refractivity contribution < 1.29 is 4.79 Å². The van der Waals surface area contributed by atoms with Crippen molar-refractivity contribution in [3.63, 3.8) is 0 Å². The lowest BCUT2D eigenvalue weighted by molar-refractivity contribution is -0.115. The summed E-state index contributed by atoms with van der Waals surface area (Å²) in [5.74, 6) is 0.584. The summed E-state index contributed by atoms with van der Waals surface area (Å²) >= 11 is 1.32. The molecule has 2 aromatic heterocycles. The van der Waals surface area contributed by atoms with Gasteiger partial charge in [-0.3, -0.25) is 14.9 Å². The molecule has 2 N–H and O–H groups in total. The van der Waals surface area contributed by atoms with Crippen LogP contribution in [-0.2, 0) is 4.79 Å². The van der Waals surface area contributed by atoms with Crippen LogP contribution in [0.4, 0.5) is 5.69 Å². The number of rotatable bonds is 5. The van der Waals surface area contributed by atoms with Crippen molar-refractivity contribution in [3.05, 3.63) is 53.9 Å². The van der Waals surface area contributed by atoms with Crippen LogP contribution < -0.4 is 5.32 Å². The van der Waals surface area contributed by atoms with E-state index in [0.717, 1.165) is 22.4 Å². The fraction of sp³-hybridized carbons (Fsp3) is 0.222. The average molecular weight is 353 g/mol. The minimum absolute atomic E-state index is 0.0750. The van der Waals surface area contributed by atoms with E-state index < -0.39 is 0 Å². The Morgan fingerprint density at radius 3 is 2.72 bits per heavy atom. The first-order chi connectivity index (χ1) is 12.0. The maximum absolute atomic E-state index is 12.5. The van der Waals surface area contributed by atoms with E-state index in [4.69, 9.17) is 0 Å². The number of hydrogen-bond acceptors (Lipinski definition) is 5. The van der Waals surface area contributed by atoms with Gasteiger partial charge in [-0.15, -0.1) is 5.10 Å². The fourth-order valence-electron chi connectivity index (χ4n) is 2.25. The topological polar surface area (TPSA) is 83.6 Å². The van der Waals surface area contributed by atoms with Crippen molar-refractivity contribution in [2.75, 3.05) is 5.32 Å². The summed E-state index contributed by atoms with van der Waals surface area (Å²) in [7, 11) is 0. The molecule has 0 saturated heterocycles. The molecule has 1 atom stereocenters. The number of benzene rings is 1. The van der Waals surface area contributed by atoms with Gasteiger partial charge in [0.05, 0.1) is 5.25 Å². The smallest absolute Gasteiger partial charge is 0.237 e. The molecule has 0 aliphatic heterocycles. The monoisotopic (exact) mass is 353 g/mol. The number of carbonyl (C=O) groups excluding carboxylic acids is 1. The number of aromatic nitrogens is 4. The van der Waals surface area contributed by atoms with Crippen molar-refractivity contribution >= 4 is 23.4 Å². The maximum Gasteiger partial charge on any atom is 0.237 e. The Bertz CT molecular complexity index is 878. The van der Waals surface area contributed by atoms with E-state index in [0.29, 0.717) is 11.0 Å². The summed E-state index contributed by atoms with van der Waals surface area (Å²) in [5.41, 5.74) is 3.89. The van der Waals surface area contributed by atoms with Gasteiger partial charge >= 0.3 is 0 Å². The van der Waals surface area contributed by atoms with Crippen LogP contribution in [0.15, 0.2) is 47.9 Å². The summed E-state index contributed by atoms with van der Waals surface area (Å²) in [6, 6.07) is 9.70. The molecule has 0 aliphatic rings. The molecular weight excluding hydrogens is 334 g/mol. The molecule has 7 heteroatoms. The highest BCUT2D eigenvalue weighted by Gasteiger charge is 2.18. The lowest BCUT2D eigenvalue weighted by Gasteiger charge is -2.12. The van der Waals surface area contributed by atoms with Crippen LogP contribution in [0.2, 0.25) is 0 Å². The lowest BCUT2D eigenvalue weighted by atomic mass is 10.1. The highest BCUT2D eigenvalue weighted by Crippen LogP contribution is 2.24. The second-order valence-corrected chi connectivity index (χ2v) is 7.08. The van der Waals surface area contributed by atoms with Crippen LogP contribution in [0.1, 0.15) is 18.1 Å². The van der Waals surface area contributed by atoms with Crippen LogP contribution in [0.5, 0.6) is 0 Å². The number of thioether (sulfide) groups is 1. The van der Waals surface area contributed by atoms with Gasteiger partial charge in [0.2, 0.25) is 11.1 Å². The van der Waals surface area contributed by atoms with E-state index in [2.05, 4.69) is 25.5 Å². The van der Waals surface area contributed by atoms with Crippen LogP contribution in [0, 0.1) is 13.8 Å². The third kappa shape index (κ3) is 4.24. The highest BCUT2D eigenvalue weighted by molar-refractivity contribution is 8.00. The molecule has 25 heavy (non-hydrogen) atoms. The number of pyridine rings is 1. The lowest BCUT2D eigenvalue weighted by Crippen LogP contribution is -2.23. The first-order valence-electron chi connectivity index (χ1n) is 7.90. The van der Waals surface area contributed by atoms with Crippen molar-refractivity contribution in [2.24, 2.45) is 0 Å². The normalized spacial score (nSPS) is 12.0. The fourth-order valence-corrected chi connectivity index (χ4v) is 2.98. The Morgan fingerprint density at radius 2 is 1.96 bits per heavy atom. The third-order valence-corrected chi connectivity index (χ3v) is 4.68.